The van der Waals surface area contributed by atoms with Crippen LogP contribution in [0.1, 0.15) is 10.4 Å². The maximum atomic E-state index is 11.8. The molecule has 0 saturated carbocycles. The number of carbonyl (C=O) groups is 1. The van der Waals surface area contributed by atoms with Crippen LogP contribution in [-0.4, -0.2) is 12.6 Å². The Hall–Kier alpha value is -1.17. The number of hydrogen-bond acceptors (Lipinski definition) is 3. The zero-order valence-corrected chi connectivity index (χ0v) is 8.91. The van der Waals surface area contributed by atoms with Crippen molar-refractivity contribution in [3.63, 3.8) is 0 Å². The SMILES string of the molecule is O=C([O-])C(Br)c1ccc(OC(F)F)cc1. The number of halogens is 3. The van der Waals surface area contributed by atoms with Crippen LogP contribution < -0.4 is 9.84 Å². The predicted molar refractivity (Wildman–Crippen MR) is 49.7 cm³/mol. The van der Waals surface area contributed by atoms with Crippen LogP contribution in [0.2, 0.25) is 0 Å². The van der Waals surface area contributed by atoms with Gasteiger partial charge in [-0.25, -0.2) is 0 Å². The monoisotopic (exact) mass is 279 g/mol. The second kappa shape index (κ2) is 5.06. The van der Waals surface area contributed by atoms with E-state index in [0.29, 0.717) is 5.56 Å². The Morgan fingerprint density at radius 3 is 2.27 bits per heavy atom. The number of carboxylic acid groups (broad SMARTS) is 1. The smallest absolute Gasteiger partial charge is 0.387 e. The molecule has 6 heteroatoms. The molecule has 0 saturated heterocycles. The van der Waals surface area contributed by atoms with E-state index in [4.69, 9.17) is 0 Å². The highest BCUT2D eigenvalue weighted by atomic mass is 79.9. The van der Waals surface area contributed by atoms with Crippen molar-refractivity contribution in [2.75, 3.05) is 0 Å². The lowest BCUT2D eigenvalue weighted by Gasteiger charge is -2.11. The van der Waals surface area contributed by atoms with Gasteiger partial charge in [-0.2, -0.15) is 8.78 Å². The molecule has 0 amide bonds. The van der Waals surface area contributed by atoms with Crippen LogP contribution >= 0.6 is 15.9 Å². The number of benzene rings is 1. The minimum Gasteiger partial charge on any atom is -0.549 e. The van der Waals surface area contributed by atoms with Crippen LogP contribution in [0.3, 0.4) is 0 Å². The second-order valence-electron chi connectivity index (χ2n) is 2.63. The van der Waals surface area contributed by atoms with E-state index >= 15 is 0 Å². The Morgan fingerprint density at radius 1 is 1.33 bits per heavy atom. The van der Waals surface area contributed by atoms with Crippen molar-refractivity contribution in [1.82, 2.24) is 0 Å². The first-order chi connectivity index (χ1) is 7.00. The van der Waals surface area contributed by atoms with E-state index in [1.54, 1.807) is 0 Å². The molecule has 0 radical (unpaired) electrons. The molecule has 0 aliphatic rings. The van der Waals surface area contributed by atoms with Crippen LogP contribution in [0.15, 0.2) is 24.3 Å². The summed E-state index contributed by atoms with van der Waals surface area (Å²) in [6, 6.07) is 5.26. The van der Waals surface area contributed by atoms with Gasteiger partial charge >= 0.3 is 6.61 Å². The van der Waals surface area contributed by atoms with Gasteiger partial charge < -0.3 is 14.6 Å². The summed E-state index contributed by atoms with van der Waals surface area (Å²) in [6.07, 6.45) is 0. The van der Waals surface area contributed by atoms with E-state index in [9.17, 15) is 18.7 Å². The largest absolute Gasteiger partial charge is 0.549 e. The minimum absolute atomic E-state index is 0.0215. The second-order valence-corrected chi connectivity index (χ2v) is 3.54. The van der Waals surface area contributed by atoms with Gasteiger partial charge in [0.1, 0.15) is 5.75 Å². The summed E-state index contributed by atoms with van der Waals surface area (Å²) >= 11 is 2.87. The van der Waals surface area contributed by atoms with Gasteiger partial charge in [0.05, 0.1) is 10.8 Å². The number of aliphatic carboxylic acids is 1. The van der Waals surface area contributed by atoms with Crippen molar-refractivity contribution < 1.29 is 23.4 Å². The molecule has 0 aliphatic carbocycles. The van der Waals surface area contributed by atoms with Crippen LogP contribution in [0.5, 0.6) is 5.75 Å². The number of hydrogen-bond donors (Lipinski definition) is 0. The van der Waals surface area contributed by atoms with Crippen molar-refractivity contribution in [3.8, 4) is 5.75 Å². The topological polar surface area (TPSA) is 49.4 Å². The fourth-order valence-electron chi connectivity index (χ4n) is 0.954. The van der Waals surface area contributed by atoms with Gasteiger partial charge in [0.25, 0.3) is 0 Å². The summed E-state index contributed by atoms with van der Waals surface area (Å²) in [5, 5.41) is 10.5. The molecule has 3 nitrogen and oxygen atoms in total. The van der Waals surface area contributed by atoms with Crippen molar-refractivity contribution in [3.05, 3.63) is 29.8 Å². The molecule has 0 bridgehead atoms. The third-order valence-corrected chi connectivity index (χ3v) is 2.51. The molecular weight excluding hydrogens is 274 g/mol. The molecule has 0 aromatic heterocycles. The Morgan fingerprint density at radius 2 is 1.87 bits per heavy atom. The van der Waals surface area contributed by atoms with E-state index in [-0.39, 0.29) is 5.75 Å². The Kier molecular flexibility index (Phi) is 4.02. The molecule has 0 N–H and O–H groups in total. The van der Waals surface area contributed by atoms with Crippen LogP contribution in [0, 0.1) is 0 Å². The molecule has 1 unspecified atom stereocenters. The summed E-state index contributed by atoms with van der Waals surface area (Å²) in [5.74, 6) is -1.32. The zero-order valence-electron chi connectivity index (χ0n) is 7.32. The summed E-state index contributed by atoms with van der Waals surface area (Å²) in [7, 11) is 0. The van der Waals surface area contributed by atoms with Gasteiger partial charge in [-0.05, 0) is 17.7 Å². The first-order valence-electron chi connectivity index (χ1n) is 3.90. The highest BCUT2D eigenvalue weighted by molar-refractivity contribution is 9.09. The molecule has 0 heterocycles. The summed E-state index contributed by atoms with van der Waals surface area (Å²) in [4.78, 5) is 9.49. The van der Waals surface area contributed by atoms with Gasteiger partial charge in [-0.15, -0.1) is 0 Å². The Balaban J connectivity index is 2.76. The maximum absolute atomic E-state index is 11.8. The lowest BCUT2D eigenvalue weighted by atomic mass is 10.1. The van der Waals surface area contributed by atoms with E-state index in [2.05, 4.69) is 20.7 Å². The molecule has 15 heavy (non-hydrogen) atoms. The fraction of sp³-hybridized carbons (Fsp3) is 0.222. The molecule has 82 valence electrons. The van der Waals surface area contributed by atoms with E-state index in [1.807, 2.05) is 0 Å². The van der Waals surface area contributed by atoms with Crippen molar-refractivity contribution in [2.24, 2.45) is 0 Å². The molecule has 0 spiro atoms. The van der Waals surface area contributed by atoms with Gasteiger partial charge in [0.15, 0.2) is 0 Å². The van der Waals surface area contributed by atoms with Crippen LogP contribution in [-0.2, 0) is 4.79 Å². The number of alkyl halides is 3. The molecule has 1 aromatic rings. The molecule has 0 aliphatic heterocycles. The highest BCUT2D eigenvalue weighted by Crippen LogP contribution is 2.24. The van der Waals surface area contributed by atoms with Crippen molar-refractivity contribution in [2.45, 2.75) is 11.4 Å². The third-order valence-electron chi connectivity index (χ3n) is 1.60. The van der Waals surface area contributed by atoms with E-state index in [1.165, 1.54) is 24.3 Å². The van der Waals surface area contributed by atoms with E-state index < -0.39 is 17.4 Å². The summed E-state index contributed by atoms with van der Waals surface area (Å²) in [6.45, 7) is -2.89. The number of carbonyl (C=O) groups excluding carboxylic acids is 1. The first-order valence-corrected chi connectivity index (χ1v) is 4.82. The Bertz CT molecular complexity index is 340. The van der Waals surface area contributed by atoms with Crippen molar-refractivity contribution >= 4 is 21.9 Å². The number of rotatable bonds is 4. The fourth-order valence-corrected chi connectivity index (χ4v) is 1.26. The molecule has 1 aromatic carbocycles. The zero-order chi connectivity index (χ0) is 11.4. The van der Waals surface area contributed by atoms with Gasteiger partial charge in [-0.1, -0.05) is 28.1 Å². The van der Waals surface area contributed by atoms with Crippen LogP contribution in [0.4, 0.5) is 8.78 Å². The maximum Gasteiger partial charge on any atom is 0.387 e. The lowest BCUT2D eigenvalue weighted by Crippen LogP contribution is -2.26. The average Bonchev–Trinajstić information content (AvgIpc) is 2.17. The quantitative estimate of drug-likeness (QED) is 0.785. The summed E-state index contributed by atoms with van der Waals surface area (Å²) < 4.78 is 27.6. The first kappa shape index (κ1) is 11.9. The number of ether oxygens (including phenoxy) is 1. The normalized spacial score (nSPS) is 12.5. The molecule has 1 atom stereocenters. The molecule has 0 fully saturated rings. The third kappa shape index (κ3) is 3.47. The predicted octanol–water partition coefficient (Wildman–Crippen LogP) is 1.47. The standard InChI is InChI=1S/C9H7BrF2O3/c10-7(8(13)14)5-1-3-6(4-2-5)15-9(11)12/h1-4,7,9H,(H,13,14)/p-1. The minimum atomic E-state index is -2.89. The lowest BCUT2D eigenvalue weighted by molar-refractivity contribution is -0.304. The van der Waals surface area contributed by atoms with Gasteiger partial charge in [0.2, 0.25) is 0 Å². The number of carboxylic acids is 1. The average molecular weight is 280 g/mol. The van der Waals surface area contributed by atoms with Crippen molar-refractivity contribution in [1.29, 1.82) is 0 Å². The van der Waals surface area contributed by atoms with Crippen LogP contribution in [0.25, 0.3) is 0 Å². The van der Waals surface area contributed by atoms with E-state index in [0.717, 1.165) is 0 Å². The molecule has 1 rings (SSSR count). The molecular formula is C9H6BrF2O3-. The summed E-state index contributed by atoms with van der Waals surface area (Å²) in [5.41, 5.74) is 0.400. The van der Waals surface area contributed by atoms with Gasteiger partial charge in [-0.3, -0.25) is 0 Å². The Labute approximate surface area is 92.8 Å². The highest BCUT2D eigenvalue weighted by Gasteiger charge is 2.09. The van der Waals surface area contributed by atoms with Gasteiger partial charge in [0, 0.05) is 0 Å².